The van der Waals surface area contributed by atoms with E-state index in [1.54, 1.807) is 43.3 Å². The molecule has 0 fully saturated rings. The Morgan fingerprint density at radius 3 is 2.50 bits per heavy atom. The second kappa shape index (κ2) is 6.33. The van der Waals surface area contributed by atoms with Gasteiger partial charge in [-0.25, -0.2) is 10.5 Å². The fraction of sp³-hybridized carbons (Fsp3) is 0.0588. The maximum absolute atomic E-state index is 12.3. The summed E-state index contributed by atoms with van der Waals surface area (Å²) in [6, 6.07) is 13.2. The number of amides is 1. The van der Waals surface area contributed by atoms with Crippen molar-refractivity contribution >= 4 is 22.4 Å². The zero-order valence-corrected chi connectivity index (χ0v) is 12.8. The highest BCUT2D eigenvalue weighted by Gasteiger charge is 2.13. The van der Waals surface area contributed by atoms with Crippen molar-refractivity contribution in [2.24, 2.45) is 5.10 Å². The summed E-state index contributed by atoms with van der Waals surface area (Å²) >= 11 is 0. The molecule has 0 aliphatic rings. The number of hydrazone groups is 1. The van der Waals surface area contributed by atoms with E-state index in [-0.39, 0.29) is 17.0 Å². The summed E-state index contributed by atoms with van der Waals surface area (Å²) in [7, 11) is 0. The molecule has 0 bridgehead atoms. The van der Waals surface area contributed by atoms with Crippen LogP contribution in [0.5, 0.6) is 5.75 Å². The van der Waals surface area contributed by atoms with E-state index in [0.29, 0.717) is 16.5 Å². The first-order valence-electron chi connectivity index (χ1n) is 7.17. The van der Waals surface area contributed by atoms with Gasteiger partial charge in [-0.05, 0) is 42.8 Å². The van der Waals surface area contributed by atoms with Gasteiger partial charge in [-0.1, -0.05) is 18.2 Å². The number of rotatable bonds is 3. The highest BCUT2D eigenvalue weighted by Crippen LogP contribution is 2.13. The molecule has 1 aromatic heterocycles. The molecule has 120 valence electrons. The molecule has 2 aromatic carbocycles. The third-order valence-corrected chi connectivity index (χ3v) is 3.52. The molecule has 7 heteroatoms. The molecule has 3 N–H and O–H groups in total. The fourth-order valence-electron chi connectivity index (χ4n) is 2.24. The smallest absolute Gasteiger partial charge is 0.292 e. The Hall–Kier alpha value is -3.48. The fourth-order valence-corrected chi connectivity index (χ4v) is 2.24. The third kappa shape index (κ3) is 3.00. The van der Waals surface area contributed by atoms with Gasteiger partial charge in [-0.15, -0.1) is 0 Å². The predicted octanol–water partition coefficient (Wildman–Crippen LogP) is 1.78. The largest absolute Gasteiger partial charge is 0.508 e. The van der Waals surface area contributed by atoms with Gasteiger partial charge in [0.05, 0.1) is 11.1 Å². The molecule has 1 amide bonds. The molecule has 0 saturated carbocycles. The number of H-pyrrole nitrogens is 1. The highest BCUT2D eigenvalue weighted by atomic mass is 16.3. The summed E-state index contributed by atoms with van der Waals surface area (Å²) in [6.45, 7) is 1.73. The molecular formula is C17H14N4O3. The van der Waals surface area contributed by atoms with E-state index in [1.807, 2.05) is 0 Å². The van der Waals surface area contributed by atoms with E-state index in [2.05, 4.69) is 20.7 Å². The molecule has 0 saturated heterocycles. The first kappa shape index (κ1) is 15.4. The number of phenols is 1. The first-order valence-corrected chi connectivity index (χ1v) is 7.17. The van der Waals surface area contributed by atoms with Crippen LogP contribution in [-0.4, -0.2) is 26.9 Å². The molecule has 1 heterocycles. The van der Waals surface area contributed by atoms with Gasteiger partial charge in [-0.3, -0.25) is 9.59 Å². The summed E-state index contributed by atoms with van der Waals surface area (Å²) in [6.07, 6.45) is 0. The van der Waals surface area contributed by atoms with Gasteiger partial charge in [0, 0.05) is 5.39 Å². The number of hydrogen-bond acceptors (Lipinski definition) is 5. The number of aromatic amines is 1. The standard InChI is InChI=1S/C17H14N4O3/c1-10(11-6-8-12(22)9-7-11)18-21-17(24)15-13-4-2-3-5-14(13)16(23)20-19-15/h2-9,22H,1H3,(H,20,23)(H,21,24)/b18-10+. The number of aromatic hydroxyl groups is 1. The SMILES string of the molecule is C/C(=N\NC(=O)c1n[nH]c(=O)c2ccccc12)c1ccc(O)cc1. The average Bonchev–Trinajstić information content (AvgIpc) is 2.60. The van der Waals surface area contributed by atoms with Crippen molar-refractivity contribution in [3.63, 3.8) is 0 Å². The van der Waals surface area contributed by atoms with Crippen molar-refractivity contribution in [1.29, 1.82) is 0 Å². The summed E-state index contributed by atoms with van der Waals surface area (Å²) in [5, 5.41) is 20.3. The van der Waals surface area contributed by atoms with E-state index in [9.17, 15) is 14.7 Å². The summed E-state index contributed by atoms with van der Waals surface area (Å²) in [5.74, 6) is -0.375. The lowest BCUT2D eigenvalue weighted by Gasteiger charge is -2.05. The number of fused-ring (bicyclic) bond motifs is 1. The molecule has 0 atom stereocenters. The number of hydrogen-bond donors (Lipinski definition) is 3. The molecule has 24 heavy (non-hydrogen) atoms. The highest BCUT2D eigenvalue weighted by molar-refractivity contribution is 6.06. The predicted molar refractivity (Wildman–Crippen MR) is 90.1 cm³/mol. The summed E-state index contributed by atoms with van der Waals surface area (Å²) in [5.41, 5.74) is 3.48. The maximum Gasteiger partial charge on any atom is 0.292 e. The van der Waals surface area contributed by atoms with E-state index in [0.717, 1.165) is 5.56 Å². The maximum atomic E-state index is 12.3. The van der Waals surface area contributed by atoms with E-state index in [4.69, 9.17) is 0 Å². The van der Waals surface area contributed by atoms with Gasteiger partial charge in [0.1, 0.15) is 5.75 Å². The molecule has 0 unspecified atom stereocenters. The van der Waals surface area contributed by atoms with Crippen LogP contribution in [0.3, 0.4) is 0 Å². The molecule has 3 rings (SSSR count). The Kier molecular flexibility index (Phi) is 4.07. The average molecular weight is 322 g/mol. The number of nitrogens with one attached hydrogen (secondary N) is 2. The van der Waals surface area contributed by atoms with Gasteiger partial charge in [-0.2, -0.15) is 10.2 Å². The number of aromatic nitrogens is 2. The van der Waals surface area contributed by atoms with Gasteiger partial charge in [0.15, 0.2) is 5.69 Å². The van der Waals surface area contributed by atoms with Crippen LogP contribution in [0.25, 0.3) is 10.8 Å². The Balaban J connectivity index is 1.88. The van der Waals surface area contributed by atoms with Gasteiger partial charge < -0.3 is 5.11 Å². The number of carbonyl (C=O) groups is 1. The van der Waals surface area contributed by atoms with Crippen molar-refractivity contribution in [2.75, 3.05) is 0 Å². The zero-order chi connectivity index (χ0) is 17.1. The van der Waals surface area contributed by atoms with Crippen molar-refractivity contribution in [1.82, 2.24) is 15.6 Å². The quantitative estimate of drug-likeness (QED) is 0.504. The molecule has 0 aliphatic heterocycles. The molecular weight excluding hydrogens is 308 g/mol. The van der Waals surface area contributed by atoms with Gasteiger partial charge in [0.2, 0.25) is 0 Å². The molecule has 0 radical (unpaired) electrons. The summed E-state index contributed by atoms with van der Waals surface area (Å²) in [4.78, 5) is 24.1. The topological polar surface area (TPSA) is 107 Å². The van der Waals surface area contributed by atoms with Gasteiger partial charge >= 0.3 is 0 Å². The molecule has 7 nitrogen and oxygen atoms in total. The van der Waals surface area contributed by atoms with Crippen molar-refractivity contribution < 1.29 is 9.90 Å². The third-order valence-electron chi connectivity index (χ3n) is 3.52. The Morgan fingerprint density at radius 2 is 1.79 bits per heavy atom. The van der Waals surface area contributed by atoms with E-state index in [1.165, 1.54) is 12.1 Å². The van der Waals surface area contributed by atoms with E-state index < -0.39 is 5.91 Å². The summed E-state index contributed by atoms with van der Waals surface area (Å²) < 4.78 is 0. The Labute approximate surface area is 136 Å². The normalized spacial score (nSPS) is 11.5. The van der Waals surface area contributed by atoms with Crippen molar-refractivity contribution in [2.45, 2.75) is 6.92 Å². The lowest BCUT2D eigenvalue weighted by molar-refractivity contribution is 0.0950. The number of benzene rings is 2. The Morgan fingerprint density at radius 1 is 1.12 bits per heavy atom. The van der Waals surface area contributed by atoms with Crippen LogP contribution in [0.15, 0.2) is 58.4 Å². The van der Waals surface area contributed by atoms with Crippen LogP contribution >= 0.6 is 0 Å². The monoisotopic (exact) mass is 322 g/mol. The number of carbonyl (C=O) groups excluding carboxylic acids is 1. The molecule has 3 aromatic rings. The minimum atomic E-state index is -0.527. The van der Waals surface area contributed by atoms with Crippen molar-refractivity contribution in [3.05, 3.63) is 70.1 Å². The van der Waals surface area contributed by atoms with Crippen LogP contribution in [0.4, 0.5) is 0 Å². The number of nitrogens with zero attached hydrogens (tertiary/aromatic N) is 2. The lowest BCUT2D eigenvalue weighted by Crippen LogP contribution is -2.23. The Bertz CT molecular complexity index is 991. The zero-order valence-electron chi connectivity index (χ0n) is 12.8. The van der Waals surface area contributed by atoms with Crippen LogP contribution in [0.2, 0.25) is 0 Å². The van der Waals surface area contributed by atoms with Crippen molar-refractivity contribution in [3.8, 4) is 5.75 Å². The van der Waals surface area contributed by atoms with Crippen LogP contribution < -0.4 is 11.0 Å². The van der Waals surface area contributed by atoms with Crippen LogP contribution in [-0.2, 0) is 0 Å². The molecule has 0 spiro atoms. The molecule has 0 aliphatic carbocycles. The van der Waals surface area contributed by atoms with Gasteiger partial charge in [0.25, 0.3) is 11.5 Å². The van der Waals surface area contributed by atoms with Crippen LogP contribution in [0, 0.1) is 0 Å². The minimum absolute atomic E-state index is 0.0902. The first-order chi connectivity index (χ1) is 11.6. The van der Waals surface area contributed by atoms with Crippen LogP contribution in [0.1, 0.15) is 23.0 Å². The second-order valence-electron chi connectivity index (χ2n) is 5.13. The minimum Gasteiger partial charge on any atom is -0.508 e. The van der Waals surface area contributed by atoms with E-state index >= 15 is 0 Å². The second-order valence-corrected chi connectivity index (χ2v) is 5.13. The number of phenolic OH excluding ortho intramolecular Hbond substituents is 1. The lowest BCUT2D eigenvalue weighted by atomic mass is 10.1.